The van der Waals surface area contributed by atoms with Crippen molar-refractivity contribution in [2.24, 2.45) is 7.05 Å². The van der Waals surface area contributed by atoms with Gasteiger partial charge in [0.05, 0.1) is 5.60 Å². The molecule has 1 aromatic carbocycles. The lowest BCUT2D eigenvalue weighted by molar-refractivity contribution is 0.0800. The number of hydrogen-bond acceptors (Lipinski definition) is 1. The van der Waals surface area contributed by atoms with Gasteiger partial charge in [-0.05, 0) is 26.0 Å². The van der Waals surface area contributed by atoms with Gasteiger partial charge in [0.15, 0.2) is 0 Å². The third kappa shape index (κ3) is 1.75. The Kier molecular flexibility index (Phi) is 2.28. The van der Waals surface area contributed by atoms with Gasteiger partial charge in [-0.15, -0.1) is 0 Å². The molecule has 1 aromatic heterocycles. The predicted octanol–water partition coefficient (Wildman–Crippen LogP) is 3.06. The van der Waals surface area contributed by atoms with E-state index in [0.29, 0.717) is 5.02 Å². The molecule has 2 nitrogen and oxygen atoms in total. The highest BCUT2D eigenvalue weighted by molar-refractivity contribution is 6.31. The summed E-state index contributed by atoms with van der Waals surface area (Å²) in [7, 11) is 1.95. The lowest BCUT2D eigenvalue weighted by Gasteiger charge is -2.16. The van der Waals surface area contributed by atoms with E-state index in [2.05, 4.69) is 0 Å². The van der Waals surface area contributed by atoms with Crippen molar-refractivity contribution in [3.63, 3.8) is 0 Å². The van der Waals surface area contributed by atoms with Crippen LogP contribution >= 0.6 is 11.6 Å². The van der Waals surface area contributed by atoms with Crippen molar-refractivity contribution < 1.29 is 5.11 Å². The number of halogens is 1. The number of nitrogens with zero attached hydrogens (tertiary/aromatic N) is 1. The van der Waals surface area contributed by atoms with Crippen LogP contribution in [0.4, 0.5) is 0 Å². The van der Waals surface area contributed by atoms with Gasteiger partial charge in [-0.25, -0.2) is 0 Å². The number of aromatic nitrogens is 1. The first kappa shape index (κ1) is 10.5. The summed E-state index contributed by atoms with van der Waals surface area (Å²) in [6.45, 7) is 3.58. The summed E-state index contributed by atoms with van der Waals surface area (Å²) in [5, 5.41) is 11.8. The molecule has 0 spiro atoms. The van der Waals surface area contributed by atoms with Gasteiger partial charge in [0, 0.05) is 34.7 Å². The van der Waals surface area contributed by atoms with Gasteiger partial charge >= 0.3 is 0 Å². The Labute approximate surface area is 94.1 Å². The van der Waals surface area contributed by atoms with Crippen molar-refractivity contribution in [2.75, 3.05) is 0 Å². The second-order valence-electron chi connectivity index (χ2n) is 4.37. The Balaban J connectivity index is 2.79. The molecular weight excluding hydrogens is 210 g/mol. The molecule has 1 heterocycles. The molecule has 1 N–H and O–H groups in total. The minimum atomic E-state index is -0.826. The molecule has 0 saturated heterocycles. The van der Waals surface area contributed by atoms with E-state index < -0.39 is 5.60 Å². The van der Waals surface area contributed by atoms with Crippen LogP contribution in [0.1, 0.15) is 19.4 Å². The lowest BCUT2D eigenvalue weighted by atomic mass is 9.98. The monoisotopic (exact) mass is 223 g/mol. The summed E-state index contributed by atoms with van der Waals surface area (Å²) in [5.41, 5.74) is 1.14. The highest BCUT2D eigenvalue weighted by Gasteiger charge is 2.21. The maximum absolute atomic E-state index is 10.0. The van der Waals surface area contributed by atoms with E-state index in [4.69, 9.17) is 11.6 Å². The van der Waals surface area contributed by atoms with Crippen LogP contribution in [-0.4, -0.2) is 9.67 Å². The Morgan fingerprint density at radius 1 is 1.33 bits per heavy atom. The van der Waals surface area contributed by atoms with Gasteiger partial charge in [-0.3, -0.25) is 0 Å². The van der Waals surface area contributed by atoms with Gasteiger partial charge in [0.2, 0.25) is 0 Å². The zero-order valence-corrected chi connectivity index (χ0v) is 9.84. The molecule has 0 amide bonds. The normalized spacial score (nSPS) is 12.3. The first-order valence-electron chi connectivity index (χ1n) is 4.87. The molecule has 0 aliphatic rings. The molecule has 0 bridgehead atoms. The van der Waals surface area contributed by atoms with Crippen molar-refractivity contribution in [3.05, 3.63) is 35.0 Å². The average Bonchev–Trinajstić information content (AvgIpc) is 2.43. The summed E-state index contributed by atoms with van der Waals surface area (Å²) >= 11 is 5.94. The number of aryl methyl sites for hydroxylation is 1. The van der Waals surface area contributed by atoms with Crippen LogP contribution < -0.4 is 0 Å². The van der Waals surface area contributed by atoms with E-state index in [1.54, 1.807) is 13.8 Å². The smallest absolute Gasteiger partial charge is 0.0861 e. The average molecular weight is 224 g/mol. The highest BCUT2D eigenvalue weighted by atomic mass is 35.5. The quantitative estimate of drug-likeness (QED) is 0.790. The molecule has 2 aromatic rings. The Hall–Kier alpha value is -0.990. The van der Waals surface area contributed by atoms with E-state index in [9.17, 15) is 5.11 Å². The van der Waals surface area contributed by atoms with E-state index in [1.165, 1.54) is 0 Å². The summed E-state index contributed by atoms with van der Waals surface area (Å²) in [6.07, 6.45) is 1.95. The third-order valence-corrected chi connectivity index (χ3v) is 2.85. The van der Waals surface area contributed by atoms with Gasteiger partial charge < -0.3 is 9.67 Å². The fourth-order valence-electron chi connectivity index (χ4n) is 1.84. The summed E-state index contributed by atoms with van der Waals surface area (Å²) in [6, 6.07) is 5.70. The fraction of sp³-hybridized carbons (Fsp3) is 0.333. The van der Waals surface area contributed by atoms with Gasteiger partial charge in [-0.2, -0.15) is 0 Å². The van der Waals surface area contributed by atoms with Crippen molar-refractivity contribution in [3.8, 4) is 0 Å². The SMILES string of the molecule is Cn1cc(C(C)(C)O)c2ccc(Cl)cc21. The van der Waals surface area contributed by atoms with Crippen molar-refractivity contribution in [2.45, 2.75) is 19.4 Å². The topological polar surface area (TPSA) is 25.2 Å². The first-order chi connectivity index (χ1) is 6.89. The maximum atomic E-state index is 10.0. The Morgan fingerprint density at radius 3 is 2.60 bits per heavy atom. The molecule has 15 heavy (non-hydrogen) atoms. The number of fused-ring (bicyclic) bond motifs is 1. The molecule has 0 saturated carbocycles. The summed E-state index contributed by atoms with van der Waals surface area (Å²) in [5.74, 6) is 0. The third-order valence-electron chi connectivity index (χ3n) is 2.61. The highest BCUT2D eigenvalue weighted by Crippen LogP contribution is 2.31. The second-order valence-corrected chi connectivity index (χ2v) is 4.81. The molecule has 0 atom stereocenters. The Bertz CT molecular complexity index is 508. The zero-order chi connectivity index (χ0) is 11.2. The molecule has 2 rings (SSSR count). The fourth-order valence-corrected chi connectivity index (χ4v) is 2.01. The van der Waals surface area contributed by atoms with E-state index >= 15 is 0 Å². The lowest BCUT2D eigenvalue weighted by Crippen LogP contribution is -2.14. The maximum Gasteiger partial charge on any atom is 0.0861 e. The first-order valence-corrected chi connectivity index (χ1v) is 5.25. The predicted molar refractivity (Wildman–Crippen MR) is 63.2 cm³/mol. The van der Waals surface area contributed by atoms with Crippen molar-refractivity contribution in [1.29, 1.82) is 0 Å². The van der Waals surface area contributed by atoms with Crippen LogP contribution in [-0.2, 0) is 12.6 Å². The van der Waals surface area contributed by atoms with Crippen LogP contribution in [0.25, 0.3) is 10.9 Å². The molecule has 0 aliphatic carbocycles. The molecule has 0 aliphatic heterocycles. The van der Waals surface area contributed by atoms with Crippen LogP contribution in [0.3, 0.4) is 0 Å². The zero-order valence-electron chi connectivity index (χ0n) is 9.08. The molecule has 3 heteroatoms. The number of hydrogen-bond donors (Lipinski definition) is 1. The molecule has 0 unspecified atom stereocenters. The van der Waals surface area contributed by atoms with Crippen molar-refractivity contribution in [1.82, 2.24) is 4.57 Å². The minimum Gasteiger partial charge on any atom is -0.386 e. The van der Waals surface area contributed by atoms with E-state index in [-0.39, 0.29) is 0 Å². The number of rotatable bonds is 1. The van der Waals surface area contributed by atoms with Gasteiger partial charge in [0.25, 0.3) is 0 Å². The van der Waals surface area contributed by atoms with E-state index in [1.807, 2.05) is 36.0 Å². The van der Waals surface area contributed by atoms with Gasteiger partial charge in [-0.1, -0.05) is 17.7 Å². The molecule has 0 fully saturated rings. The van der Waals surface area contributed by atoms with E-state index in [0.717, 1.165) is 16.5 Å². The Morgan fingerprint density at radius 2 is 2.00 bits per heavy atom. The minimum absolute atomic E-state index is 0.714. The largest absolute Gasteiger partial charge is 0.386 e. The van der Waals surface area contributed by atoms with Crippen LogP contribution in [0.15, 0.2) is 24.4 Å². The molecule has 0 radical (unpaired) electrons. The standard InChI is InChI=1S/C12H14ClNO/c1-12(2,15)10-7-14(3)11-6-8(13)4-5-9(10)11/h4-7,15H,1-3H3. The summed E-state index contributed by atoms with van der Waals surface area (Å²) in [4.78, 5) is 0. The molecular formula is C12H14ClNO. The second kappa shape index (κ2) is 3.26. The summed E-state index contributed by atoms with van der Waals surface area (Å²) < 4.78 is 1.98. The van der Waals surface area contributed by atoms with Crippen LogP contribution in [0, 0.1) is 0 Å². The van der Waals surface area contributed by atoms with Crippen LogP contribution in [0.2, 0.25) is 5.02 Å². The number of aliphatic hydroxyl groups is 1. The van der Waals surface area contributed by atoms with Gasteiger partial charge in [0.1, 0.15) is 0 Å². The van der Waals surface area contributed by atoms with Crippen LogP contribution in [0.5, 0.6) is 0 Å². The van der Waals surface area contributed by atoms with Crippen molar-refractivity contribution >= 4 is 22.5 Å². The number of benzene rings is 1. The molecule has 80 valence electrons.